The summed E-state index contributed by atoms with van der Waals surface area (Å²) < 4.78 is 3.54. The minimum atomic E-state index is -0.463. The van der Waals surface area contributed by atoms with E-state index >= 15 is 0 Å². The van der Waals surface area contributed by atoms with E-state index in [2.05, 4.69) is 53.6 Å². The number of nitrogens with zero attached hydrogens (tertiary/aromatic N) is 4. The topological polar surface area (TPSA) is 64.2 Å². The summed E-state index contributed by atoms with van der Waals surface area (Å²) in [6.45, 7) is 4.95. The van der Waals surface area contributed by atoms with E-state index in [1.807, 2.05) is 68.1 Å². The molecule has 0 radical (unpaired) electrons. The number of rotatable bonds is 8. The van der Waals surface area contributed by atoms with E-state index in [1.165, 1.54) is 11.1 Å². The highest BCUT2D eigenvalue weighted by molar-refractivity contribution is 6.06. The van der Waals surface area contributed by atoms with Crippen LogP contribution in [0.25, 0.3) is 16.6 Å². The SMILES string of the molecule is Cc1ccc([C@H](C)CN[C@@H](C(=O)c2cnn3cc(-c4cnn(C)c4)ccc23)c2ccccc2)cc1. The molecule has 0 spiro atoms. The lowest BCUT2D eigenvalue weighted by molar-refractivity contribution is 0.0944. The van der Waals surface area contributed by atoms with E-state index < -0.39 is 6.04 Å². The average molecular weight is 464 g/mol. The Morgan fingerprint density at radius 2 is 1.66 bits per heavy atom. The molecule has 35 heavy (non-hydrogen) atoms. The molecule has 0 aliphatic carbocycles. The summed E-state index contributed by atoms with van der Waals surface area (Å²) in [6.07, 6.45) is 7.39. The second-order valence-corrected chi connectivity index (χ2v) is 9.14. The van der Waals surface area contributed by atoms with Crippen molar-refractivity contribution in [1.29, 1.82) is 0 Å². The Labute approximate surface area is 205 Å². The molecule has 0 saturated carbocycles. The van der Waals surface area contributed by atoms with Crippen LogP contribution in [0.2, 0.25) is 0 Å². The first-order chi connectivity index (χ1) is 17.0. The van der Waals surface area contributed by atoms with Gasteiger partial charge in [-0.05, 0) is 30.0 Å². The van der Waals surface area contributed by atoms with Gasteiger partial charge in [-0.25, -0.2) is 4.52 Å². The molecule has 1 N–H and O–H groups in total. The molecule has 0 saturated heterocycles. The molecule has 0 aliphatic heterocycles. The molecule has 6 heteroatoms. The number of Topliss-reactive ketones (excluding diaryl/α,β-unsaturated/α-hetero) is 1. The van der Waals surface area contributed by atoms with Crippen LogP contribution in [-0.2, 0) is 7.05 Å². The summed E-state index contributed by atoms with van der Waals surface area (Å²) in [5.41, 5.74) is 6.83. The van der Waals surface area contributed by atoms with Crippen molar-refractivity contribution in [1.82, 2.24) is 24.7 Å². The zero-order chi connectivity index (χ0) is 24.4. The number of carbonyl (C=O) groups excluding carboxylic acids is 1. The van der Waals surface area contributed by atoms with Crippen LogP contribution < -0.4 is 5.32 Å². The smallest absolute Gasteiger partial charge is 0.188 e. The normalized spacial score (nSPS) is 13.1. The molecule has 3 aromatic heterocycles. The number of hydrogen-bond acceptors (Lipinski definition) is 4. The molecule has 176 valence electrons. The Morgan fingerprint density at radius 1 is 0.886 bits per heavy atom. The maximum Gasteiger partial charge on any atom is 0.188 e. The number of benzene rings is 2. The van der Waals surface area contributed by atoms with E-state index in [0.717, 1.165) is 22.2 Å². The Kier molecular flexibility index (Phi) is 6.29. The predicted molar refractivity (Wildman–Crippen MR) is 139 cm³/mol. The highest BCUT2D eigenvalue weighted by Gasteiger charge is 2.25. The molecule has 5 aromatic rings. The zero-order valence-corrected chi connectivity index (χ0v) is 20.2. The maximum absolute atomic E-state index is 13.8. The van der Waals surface area contributed by atoms with Crippen LogP contribution in [0.15, 0.2) is 91.5 Å². The van der Waals surface area contributed by atoms with Crippen molar-refractivity contribution >= 4 is 11.3 Å². The lowest BCUT2D eigenvalue weighted by Gasteiger charge is -2.21. The fourth-order valence-electron chi connectivity index (χ4n) is 4.39. The second-order valence-electron chi connectivity index (χ2n) is 9.14. The van der Waals surface area contributed by atoms with Gasteiger partial charge in [0.15, 0.2) is 5.78 Å². The monoisotopic (exact) mass is 463 g/mol. The summed E-state index contributed by atoms with van der Waals surface area (Å²) in [7, 11) is 1.89. The molecule has 0 unspecified atom stereocenters. The molecule has 5 rings (SSSR count). The molecule has 2 atom stereocenters. The standard InChI is InChI=1S/C29H29N5O/c1-20-9-11-22(12-10-20)21(2)15-30-28(23-7-5-4-6-8-23)29(35)26-17-32-34-19-24(13-14-27(26)34)25-16-31-33(3)18-25/h4-14,16-19,21,28,30H,15H2,1-3H3/t21-,28-/m1/s1. The van der Waals surface area contributed by atoms with Gasteiger partial charge in [0.25, 0.3) is 0 Å². The fourth-order valence-corrected chi connectivity index (χ4v) is 4.39. The summed E-state index contributed by atoms with van der Waals surface area (Å²) in [6, 6.07) is 22.0. The van der Waals surface area contributed by atoms with Gasteiger partial charge in [0, 0.05) is 37.1 Å². The van der Waals surface area contributed by atoms with Crippen molar-refractivity contribution < 1.29 is 4.79 Å². The molecular formula is C29H29N5O. The third-order valence-corrected chi connectivity index (χ3v) is 6.49. The van der Waals surface area contributed by atoms with Crippen LogP contribution in [0.1, 0.15) is 45.9 Å². The predicted octanol–water partition coefficient (Wildman–Crippen LogP) is 5.36. The number of ketones is 1. The highest BCUT2D eigenvalue weighted by atomic mass is 16.1. The molecule has 2 aromatic carbocycles. The highest BCUT2D eigenvalue weighted by Crippen LogP contribution is 2.25. The van der Waals surface area contributed by atoms with Gasteiger partial charge in [-0.2, -0.15) is 10.2 Å². The van der Waals surface area contributed by atoms with Crippen molar-refractivity contribution in [3.8, 4) is 11.1 Å². The maximum atomic E-state index is 13.8. The second kappa shape index (κ2) is 9.68. The van der Waals surface area contributed by atoms with Crippen LogP contribution in [0.5, 0.6) is 0 Å². The molecule has 0 amide bonds. The molecule has 0 bridgehead atoms. The Hall–Kier alpha value is -4.03. The summed E-state index contributed by atoms with van der Waals surface area (Å²) in [4.78, 5) is 13.8. The van der Waals surface area contributed by atoms with Crippen LogP contribution >= 0.6 is 0 Å². The third-order valence-electron chi connectivity index (χ3n) is 6.49. The van der Waals surface area contributed by atoms with Gasteiger partial charge in [-0.3, -0.25) is 9.48 Å². The van der Waals surface area contributed by atoms with Gasteiger partial charge in [0.2, 0.25) is 0 Å². The van der Waals surface area contributed by atoms with Gasteiger partial charge in [0.1, 0.15) is 0 Å². The van der Waals surface area contributed by atoms with E-state index in [4.69, 9.17) is 0 Å². The first-order valence-electron chi connectivity index (χ1n) is 11.8. The van der Waals surface area contributed by atoms with Crippen molar-refractivity contribution in [2.75, 3.05) is 6.54 Å². The molecule has 6 nitrogen and oxygen atoms in total. The van der Waals surface area contributed by atoms with E-state index in [9.17, 15) is 4.79 Å². The first-order valence-corrected chi connectivity index (χ1v) is 11.8. The Bertz CT molecular complexity index is 1450. The molecule has 0 aliphatic rings. The molecule has 3 heterocycles. The number of nitrogens with one attached hydrogen (secondary N) is 1. The number of fused-ring (bicyclic) bond motifs is 1. The van der Waals surface area contributed by atoms with Gasteiger partial charge >= 0.3 is 0 Å². The van der Waals surface area contributed by atoms with Crippen molar-refractivity contribution in [3.05, 3.63) is 114 Å². The average Bonchev–Trinajstić information content (AvgIpc) is 3.51. The quantitative estimate of drug-likeness (QED) is 0.315. The lowest BCUT2D eigenvalue weighted by atomic mass is 9.95. The third kappa shape index (κ3) is 4.79. The summed E-state index contributed by atoms with van der Waals surface area (Å²) in [5.74, 6) is 0.275. The van der Waals surface area contributed by atoms with Crippen molar-refractivity contribution in [3.63, 3.8) is 0 Å². The first kappa shape index (κ1) is 22.7. The van der Waals surface area contributed by atoms with Gasteiger partial charge < -0.3 is 5.32 Å². The number of aromatic nitrogens is 4. The van der Waals surface area contributed by atoms with E-state index in [-0.39, 0.29) is 11.7 Å². The number of carbonyl (C=O) groups is 1. The Balaban J connectivity index is 1.42. The molecule has 0 fully saturated rings. The van der Waals surface area contributed by atoms with Crippen LogP contribution in [0.3, 0.4) is 0 Å². The van der Waals surface area contributed by atoms with Crippen molar-refractivity contribution in [2.45, 2.75) is 25.8 Å². The lowest BCUT2D eigenvalue weighted by Crippen LogP contribution is -2.31. The Morgan fingerprint density at radius 3 is 2.37 bits per heavy atom. The summed E-state index contributed by atoms with van der Waals surface area (Å²) >= 11 is 0. The van der Waals surface area contributed by atoms with E-state index in [1.54, 1.807) is 15.4 Å². The minimum absolute atomic E-state index is 0.0106. The fraction of sp³-hybridized carbons (Fsp3) is 0.207. The van der Waals surface area contributed by atoms with Crippen molar-refractivity contribution in [2.24, 2.45) is 7.05 Å². The number of hydrogen-bond donors (Lipinski definition) is 1. The molecular weight excluding hydrogens is 434 g/mol. The van der Waals surface area contributed by atoms with Crippen LogP contribution in [0.4, 0.5) is 0 Å². The zero-order valence-electron chi connectivity index (χ0n) is 20.2. The largest absolute Gasteiger partial charge is 0.303 e. The number of aryl methyl sites for hydroxylation is 2. The van der Waals surface area contributed by atoms with E-state index in [0.29, 0.717) is 12.1 Å². The minimum Gasteiger partial charge on any atom is -0.303 e. The van der Waals surface area contributed by atoms with Crippen LogP contribution in [-0.4, -0.2) is 31.7 Å². The van der Waals surface area contributed by atoms with Gasteiger partial charge in [-0.1, -0.05) is 73.2 Å². The van der Waals surface area contributed by atoms with Gasteiger partial charge in [0.05, 0.1) is 29.5 Å². The van der Waals surface area contributed by atoms with Gasteiger partial charge in [-0.15, -0.1) is 0 Å². The van der Waals surface area contributed by atoms with Crippen LogP contribution in [0, 0.1) is 6.92 Å². The number of pyridine rings is 1. The summed E-state index contributed by atoms with van der Waals surface area (Å²) in [5, 5.41) is 12.3.